The van der Waals surface area contributed by atoms with Crippen molar-refractivity contribution in [3.63, 3.8) is 0 Å². The molecule has 1 aromatic heterocycles. The summed E-state index contributed by atoms with van der Waals surface area (Å²) in [5.41, 5.74) is -0.0868. The molecular weight excluding hydrogens is 206 g/mol. The van der Waals surface area contributed by atoms with E-state index in [1.54, 1.807) is 13.2 Å². The summed E-state index contributed by atoms with van der Waals surface area (Å²) in [6, 6.07) is 3.06. The highest BCUT2D eigenvalue weighted by Gasteiger charge is 1.99. The molecule has 5 nitrogen and oxygen atoms in total. The van der Waals surface area contributed by atoms with Gasteiger partial charge in [0, 0.05) is 18.7 Å². The minimum atomic E-state index is -0.0868. The number of hydrogen-bond acceptors (Lipinski definition) is 4. The summed E-state index contributed by atoms with van der Waals surface area (Å²) in [5, 5.41) is 7.34. The molecule has 0 saturated heterocycles. The zero-order chi connectivity index (χ0) is 11.8. The molecule has 16 heavy (non-hydrogen) atoms. The van der Waals surface area contributed by atoms with Crippen molar-refractivity contribution < 1.29 is 4.74 Å². The lowest BCUT2D eigenvalue weighted by atomic mass is 10.4. The predicted molar refractivity (Wildman–Crippen MR) is 62.8 cm³/mol. The molecule has 0 spiro atoms. The van der Waals surface area contributed by atoms with E-state index in [1.165, 1.54) is 10.7 Å². The molecule has 0 bridgehead atoms. The lowest BCUT2D eigenvalue weighted by Gasteiger charge is -2.06. The Kier molecular flexibility index (Phi) is 5.56. The number of nitrogens with one attached hydrogen (secondary N) is 1. The van der Waals surface area contributed by atoms with Crippen molar-refractivity contribution in [2.75, 3.05) is 20.2 Å². The molecule has 1 heterocycles. The number of methoxy groups -OCH3 is 1. The molecule has 0 saturated carbocycles. The molecule has 1 aromatic rings. The van der Waals surface area contributed by atoms with Crippen molar-refractivity contribution in [1.29, 1.82) is 0 Å². The van der Waals surface area contributed by atoms with Crippen LogP contribution in [0.1, 0.15) is 19.8 Å². The molecule has 0 fully saturated rings. The maximum absolute atomic E-state index is 11.4. The quantitative estimate of drug-likeness (QED) is 0.692. The van der Waals surface area contributed by atoms with E-state index in [1.807, 2.05) is 0 Å². The van der Waals surface area contributed by atoms with Crippen LogP contribution in [0, 0.1) is 0 Å². The van der Waals surface area contributed by atoms with E-state index in [0.717, 1.165) is 25.9 Å². The molecule has 0 atom stereocenters. The van der Waals surface area contributed by atoms with E-state index in [9.17, 15) is 4.79 Å². The number of nitrogens with zero attached hydrogens (tertiary/aromatic N) is 2. The standard InChI is InChI=1S/C11H19N3O2/c1-3-7-12-8-4-9-14-11(15)6-5-10(13-14)16-2/h5-6,12H,3-4,7-9H2,1-2H3. The molecule has 0 amide bonds. The zero-order valence-electron chi connectivity index (χ0n) is 9.90. The molecule has 0 aliphatic carbocycles. The van der Waals surface area contributed by atoms with Crippen molar-refractivity contribution in [1.82, 2.24) is 15.1 Å². The Labute approximate surface area is 95.4 Å². The number of ether oxygens (including phenoxy) is 1. The molecule has 5 heteroatoms. The smallest absolute Gasteiger partial charge is 0.266 e. The van der Waals surface area contributed by atoms with Gasteiger partial charge in [0.2, 0.25) is 5.88 Å². The molecule has 0 aromatic carbocycles. The largest absolute Gasteiger partial charge is 0.480 e. The molecule has 90 valence electrons. The van der Waals surface area contributed by atoms with Crippen molar-refractivity contribution in [2.24, 2.45) is 0 Å². The maximum atomic E-state index is 11.4. The van der Waals surface area contributed by atoms with E-state index < -0.39 is 0 Å². The SMILES string of the molecule is CCCNCCCn1nc(OC)ccc1=O. The minimum Gasteiger partial charge on any atom is -0.480 e. The summed E-state index contributed by atoms with van der Waals surface area (Å²) < 4.78 is 6.41. The van der Waals surface area contributed by atoms with Gasteiger partial charge in [-0.3, -0.25) is 4.79 Å². The topological polar surface area (TPSA) is 56.1 Å². The average molecular weight is 225 g/mol. The molecule has 1 N–H and O–H groups in total. The average Bonchev–Trinajstić information content (AvgIpc) is 2.31. The minimum absolute atomic E-state index is 0.0868. The highest BCUT2D eigenvalue weighted by molar-refractivity contribution is 5.05. The van der Waals surface area contributed by atoms with Gasteiger partial charge in [0.25, 0.3) is 5.56 Å². The van der Waals surface area contributed by atoms with Crippen LogP contribution in [0.4, 0.5) is 0 Å². The van der Waals surface area contributed by atoms with Crippen LogP contribution in [-0.4, -0.2) is 30.0 Å². The van der Waals surface area contributed by atoms with Crippen LogP contribution >= 0.6 is 0 Å². The van der Waals surface area contributed by atoms with Gasteiger partial charge in [-0.2, -0.15) is 0 Å². The van der Waals surface area contributed by atoms with E-state index in [2.05, 4.69) is 17.3 Å². The third-order valence-electron chi connectivity index (χ3n) is 2.20. The highest BCUT2D eigenvalue weighted by atomic mass is 16.5. The van der Waals surface area contributed by atoms with Crippen LogP contribution in [-0.2, 0) is 6.54 Å². The van der Waals surface area contributed by atoms with Gasteiger partial charge < -0.3 is 10.1 Å². The Balaban J connectivity index is 2.43. The summed E-state index contributed by atoms with van der Waals surface area (Å²) >= 11 is 0. The van der Waals surface area contributed by atoms with E-state index in [-0.39, 0.29) is 5.56 Å². The Morgan fingerprint density at radius 1 is 1.44 bits per heavy atom. The van der Waals surface area contributed by atoms with Crippen LogP contribution in [0.15, 0.2) is 16.9 Å². The summed E-state index contributed by atoms with van der Waals surface area (Å²) in [6.45, 7) is 4.66. The van der Waals surface area contributed by atoms with Gasteiger partial charge >= 0.3 is 0 Å². The lowest BCUT2D eigenvalue weighted by molar-refractivity contribution is 0.373. The van der Waals surface area contributed by atoms with Gasteiger partial charge in [-0.1, -0.05) is 6.92 Å². The van der Waals surface area contributed by atoms with Crippen molar-refractivity contribution >= 4 is 0 Å². The second kappa shape index (κ2) is 7.00. The molecule has 0 radical (unpaired) electrons. The summed E-state index contributed by atoms with van der Waals surface area (Å²) in [4.78, 5) is 11.4. The first-order chi connectivity index (χ1) is 7.77. The lowest BCUT2D eigenvalue weighted by Crippen LogP contribution is -2.25. The molecule has 1 rings (SSSR count). The van der Waals surface area contributed by atoms with Crippen LogP contribution in [0.3, 0.4) is 0 Å². The van der Waals surface area contributed by atoms with Crippen LogP contribution in [0.25, 0.3) is 0 Å². The van der Waals surface area contributed by atoms with Gasteiger partial charge in [0.1, 0.15) is 0 Å². The Morgan fingerprint density at radius 3 is 2.94 bits per heavy atom. The Bertz CT molecular complexity index is 362. The van der Waals surface area contributed by atoms with Crippen LogP contribution in [0.5, 0.6) is 5.88 Å². The third kappa shape index (κ3) is 4.02. The first kappa shape index (κ1) is 12.7. The van der Waals surface area contributed by atoms with E-state index in [4.69, 9.17) is 4.74 Å². The number of hydrogen-bond donors (Lipinski definition) is 1. The number of aromatic nitrogens is 2. The molecule has 0 aliphatic heterocycles. The summed E-state index contributed by atoms with van der Waals surface area (Å²) in [7, 11) is 1.54. The van der Waals surface area contributed by atoms with Gasteiger partial charge in [-0.25, -0.2) is 4.68 Å². The Morgan fingerprint density at radius 2 is 2.25 bits per heavy atom. The van der Waals surface area contributed by atoms with Gasteiger partial charge in [-0.15, -0.1) is 5.10 Å². The fraction of sp³-hybridized carbons (Fsp3) is 0.636. The second-order valence-corrected chi connectivity index (χ2v) is 3.54. The summed E-state index contributed by atoms with van der Waals surface area (Å²) in [6.07, 6.45) is 2.01. The zero-order valence-corrected chi connectivity index (χ0v) is 9.90. The first-order valence-electron chi connectivity index (χ1n) is 5.60. The molecule has 0 aliphatic rings. The van der Waals surface area contributed by atoms with Crippen LogP contribution in [0.2, 0.25) is 0 Å². The van der Waals surface area contributed by atoms with E-state index >= 15 is 0 Å². The number of rotatable bonds is 7. The third-order valence-corrected chi connectivity index (χ3v) is 2.20. The van der Waals surface area contributed by atoms with Crippen molar-refractivity contribution in [3.05, 3.63) is 22.5 Å². The highest BCUT2D eigenvalue weighted by Crippen LogP contribution is 1.99. The van der Waals surface area contributed by atoms with Gasteiger partial charge in [0.05, 0.1) is 7.11 Å². The first-order valence-corrected chi connectivity index (χ1v) is 5.60. The van der Waals surface area contributed by atoms with Crippen molar-refractivity contribution in [2.45, 2.75) is 26.3 Å². The number of aryl methyl sites for hydroxylation is 1. The fourth-order valence-electron chi connectivity index (χ4n) is 1.35. The van der Waals surface area contributed by atoms with E-state index in [0.29, 0.717) is 12.4 Å². The fourth-order valence-corrected chi connectivity index (χ4v) is 1.35. The molecular formula is C11H19N3O2. The van der Waals surface area contributed by atoms with Crippen molar-refractivity contribution in [3.8, 4) is 5.88 Å². The maximum Gasteiger partial charge on any atom is 0.266 e. The van der Waals surface area contributed by atoms with Gasteiger partial charge in [0.15, 0.2) is 0 Å². The Hall–Kier alpha value is -1.36. The molecule has 0 unspecified atom stereocenters. The monoisotopic (exact) mass is 225 g/mol. The second-order valence-electron chi connectivity index (χ2n) is 3.54. The normalized spacial score (nSPS) is 10.4. The predicted octanol–water partition coefficient (Wildman–Crippen LogP) is 0.642. The summed E-state index contributed by atoms with van der Waals surface area (Å²) in [5.74, 6) is 0.473. The van der Waals surface area contributed by atoms with Crippen LogP contribution < -0.4 is 15.6 Å². The van der Waals surface area contributed by atoms with Gasteiger partial charge in [-0.05, 0) is 25.9 Å².